The number of hydrogen-bond donors (Lipinski definition) is 1. The lowest BCUT2D eigenvalue weighted by Gasteiger charge is -2.00. The van der Waals surface area contributed by atoms with Gasteiger partial charge in [0, 0.05) is 11.0 Å². The van der Waals surface area contributed by atoms with Crippen LogP contribution in [0.5, 0.6) is 0 Å². The molecule has 1 N–H and O–H groups in total. The Bertz CT molecular complexity index is 318. The van der Waals surface area contributed by atoms with Crippen LogP contribution in [-0.2, 0) is 0 Å². The van der Waals surface area contributed by atoms with Crippen LogP contribution in [0.2, 0.25) is 0 Å². The first kappa shape index (κ1) is 11.5. The second-order valence-electron chi connectivity index (χ2n) is 3.24. The molecule has 0 radical (unpaired) electrons. The normalized spacial score (nSPS) is 11.1. The Hall–Kier alpha value is -0.600. The first-order valence-corrected chi connectivity index (χ1v) is 5.66. The molecule has 0 fully saturated rings. The Labute approximate surface area is 94.3 Å². The van der Waals surface area contributed by atoms with E-state index in [0.29, 0.717) is 0 Å². The van der Waals surface area contributed by atoms with Crippen LogP contribution in [0.25, 0.3) is 6.08 Å². The number of nitrogens with one attached hydrogen (secondary N) is 1. The number of hydrogen-bond acceptors (Lipinski definition) is 1. The van der Waals surface area contributed by atoms with Gasteiger partial charge in [-0.2, -0.15) is 0 Å². The van der Waals surface area contributed by atoms with Crippen molar-refractivity contribution in [1.82, 2.24) is 5.32 Å². The van der Waals surface area contributed by atoms with Crippen LogP contribution < -0.4 is 5.32 Å². The zero-order valence-electron chi connectivity index (χ0n) is 8.68. The molecule has 0 heterocycles. The SMILES string of the molecule is CCNC/C=C/c1ccc(C)cc1Br. The smallest absolute Gasteiger partial charge is 0.0250 e. The molecule has 0 unspecified atom stereocenters. The van der Waals surface area contributed by atoms with Crippen LogP contribution in [-0.4, -0.2) is 13.1 Å². The van der Waals surface area contributed by atoms with E-state index >= 15 is 0 Å². The molecule has 0 aromatic heterocycles. The van der Waals surface area contributed by atoms with Gasteiger partial charge in [-0.3, -0.25) is 0 Å². The molecule has 0 saturated carbocycles. The minimum atomic E-state index is 0.927. The van der Waals surface area contributed by atoms with Crippen LogP contribution in [0.4, 0.5) is 0 Å². The van der Waals surface area contributed by atoms with Crippen molar-refractivity contribution in [1.29, 1.82) is 0 Å². The molecule has 2 heteroatoms. The second-order valence-corrected chi connectivity index (χ2v) is 4.09. The van der Waals surface area contributed by atoms with Gasteiger partial charge >= 0.3 is 0 Å². The Morgan fingerprint density at radius 1 is 1.43 bits per heavy atom. The lowest BCUT2D eigenvalue weighted by Crippen LogP contribution is -2.11. The van der Waals surface area contributed by atoms with Crippen molar-refractivity contribution >= 4 is 22.0 Å². The van der Waals surface area contributed by atoms with Crippen LogP contribution in [0.3, 0.4) is 0 Å². The highest BCUT2D eigenvalue weighted by Crippen LogP contribution is 2.19. The molecule has 0 atom stereocenters. The van der Waals surface area contributed by atoms with Crippen molar-refractivity contribution in [3.63, 3.8) is 0 Å². The van der Waals surface area contributed by atoms with Gasteiger partial charge in [-0.25, -0.2) is 0 Å². The van der Waals surface area contributed by atoms with Crippen molar-refractivity contribution in [3.8, 4) is 0 Å². The molecule has 0 bridgehead atoms. The molecule has 1 rings (SSSR count). The van der Waals surface area contributed by atoms with Gasteiger partial charge in [-0.1, -0.05) is 47.1 Å². The van der Waals surface area contributed by atoms with E-state index in [1.807, 2.05) is 0 Å². The highest BCUT2D eigenvalue weighted by molar-refractivity contribution is 9.10. The van der Waals surface area contributed by atoms with E-state index in [0.717, 1.165) is 17.6 Å². The van der Waals surface area contributed by atoms with E-state index in [4.69, 9.17) is 0 Å². The van der Waals surface area contributed by atoms with Crippen molar-refractivity contribution in [2.75, 3.05) is 13.1 Å². The van der Waals surface area contributed by atoms with Gasteiger partial charge in [-0.15, -0.1) is 0 Å². The van der Waals surface area contributed by atoms with Gasteiger partial charge in [0.05, 0.1) is 0 Å². The van der Waals surface area contributed by atoms with Gasteiger partial charge < -0.3 is 5.32 Å². The first-order valence-electron chi connectivity index (χ1n) is 4.87. The third kappa shape index (κ3) is 3.64. The fraction of sp³-hybridized carbons (Fsp3) is 0.333. The standard InChI is InChI=1S/C12H16BrN/c1-3-14-8-4-5-11-7-6-10(2)9-12(11)13/h4-7,9,14H,3,8H2,1-2H3/b5-4+. The summed E-state index contributed by atoms with van der Waals surface area (Å²) in [5.74, 6) is 0. The van der Waals surface area contributed by atoms with Crippen molar-refractivity contribution in [2.24, 2.45) is 0 Å². The van der Waals surface area contributed by atoms with Gasteiger partial charge in [0.15, 0.2) is 0 Å². The minimum Gasteiger partial charge on any atom is -0.314 e. The molecule has 0 amide bonds. The van der Waals surface area contributed by atoms with Crippen molar-refractivity contribution < 1.29 is 0 Å². The summed E-state index contributed by atoms with van der Waals surface area (Å²) in [5, 5.41) is 3.25. The molecule has 0 saturated heterocycles. The summed E-state index contributed by atoms with van der Waals surface area (Å²) in [5.41, 5.74) is 2.51. The van der Waals surface area contributed by atoms with E-state index in [9.17, 15) is 0 Å². The predicted molar refractivity (Wildman–Crippen MR) is 66.5 cm³/mol. The maximum atomic E-state index is 3.54. The summed E-state index contributed by atoms with van der Waals surface area (Å²) in [6.45, 7) is 6.14. The highest BCUT2D eigenvalue weighted by atomic mass is 79.9. The molecular weight excluding hydrogens is 238 g/mol. The van der Waals surface area contributed by atoms with E-state index in [2.05, 4.69) is 65.4 Å². The Morgan fingerprint density at radius 3 is 2.86 bits per heavy atom. The third-order valence-electron chi connectivity index (χ3n) is 1.97. The van der Waals surface area contributed by atoms with Crippen LogP contribution in [0, 0.1) is 6.92 Å². The Morgan fingerprint density at radius 2 is 2.21 bits per heavy atom. The average molecular weight is 254 g/mol. The minimum absolute atomic E-state index is 0.927. The van der Waals surface area contributed by atoms with E-state index in [1.165, 1.54) is 11.1 Å². The molecule has 1 aromatic carbocycles. The molecule has 0 aliphatic heterocycles. The first-order chi connectivity index (χ1) is 6.74. The van der Waals surface area contributed by atoms with Gasteiger partial charge in [0.1, 0.15) is 0 Å². The maximum Gasteiger partial charge on any atom is 0.0250 e. The Kier molecular flexibility index (Phi) is 4.91. The summed E-state index contributed by atoms with van der Waals surface area (Å²) in [6, 6.07) is 6.38. The fourth-order valence-electron chi connectivity index (χ4n) is 1.18. The largest absolute Gasteiger partial charge is 0.314 e. The zero-order valence-corrected chi connectivity index (χ0v) is 10.3. The van der Waals surface area contributed by atoms with Crippen LogP contribution in [0.15, 0.2) is 28.7 Å². The topological polar surface area (TPSA) is 12.0 Å². The predicted octanol–water partition coefficient (Wildman–Crippen LogP) is 3.38. The quantitative estimate of drug-likeness (QED) is 0.812. The molecule has 0 spiro atoms. The van der Waals surface area contributed by atoms with Gasteiger partial charge in [-0.05, 0) is 30.7 Å². The summed E-state index contributed by atoms with van der Waals surface area (Å²) in [4.78, 5) is 0. The van der Waals surface area contributed by atoms with E-state index in [1.54, 1.807) is 0 Å². The highest BCUT2D eigenvalue weighted by Gasteiger charge is 1.94. The molecule has 1 nitrogen and oxygen atoms in total. The number of aryl methyl sites for hydroxylation is 1. The zero-order chi connectivity index (χ0) is 10.4. The summed E-state index contributed by atoms with van der Waals surface area (Å²) < 4.78 is 1.16. The maximum absolute atomic E-state index is 3.54. The lowest BCUT2D eigenvalue weighted by atomic mass is 10.1. The number of halogens is 1. The Balaban J connectivity index is 2.62. The van der Waals surface area contributed by atoms with Crippen molar-refractivity contribution in [2.45, 2.75) is 13.8 Å². The summed E-state index contributed by atoms with van der Waals surface area (Å²) >= 11 is 3.54. The molecule has 14 heavy (non-hydrogen) atoms. The number of benzene rings is 1. The van der Waals surface area contributed by atoms with E-state index < -0.39 is 0 Å². The molecular formula is C12H16BrN. The van der Waals surface area contributed by atoms with Gasteiger partial charge in [0.25, 0.3) is 0 Å². The van der Waals surface area contributed by atoms with E-state index in [-0.39, 0.29) is 0 Å². The summed E-state index contributed by atoms with van der Waals surface area (Å²) in [7, 11) is 0. The third-order valence-corrected chi connectivity index (χ3v) is 2.65. The monoisotopic (exact) mass is 253 g/mol. The second kappa shape index (κ2) is 5.99. The van der Waals surface area contributed by atoms with Crippen LogP contribution >= 0.6 is 15.9 Å². The fourth-order valence-corrected chi connectivity index (χ4v) is 1.81. The molecule has 1 aromatic rings. The van der Waals surface area contributed by atoms with Crippen molar-refractivity contribution in [3.05, 3.63) is 39.9 Å². The molecule has 76 valence electrons. The number of rotatable bonds is 4. The molecule has 0 aliphatic rings. The van der Waals surface area contributed by atoms with Crippen LogP contribution in [0.1, 0.15) is 18.1 Å². The van der Waals surface area contributed by atoms with Gasteiger partial charge in [0.2, 0.25) is 0 Å². The average Bonchev–Trinajstić information content (AvgIpc) is 2.15. The number of likely N-dealkylation sites (N-methyl/N-ethyl adjacent to an activating group) is 1. The lowest BCUT2D eigenvalue weighted by molar-refractivity contribution is 0.801. The molecule has 0 aliphatic carbocycles. The summed E-state index contributed by atoms with van der Waals surface area (Å²) in [6.07, 6.45) is 4.27.